The molecule has 2 aromatic carbocycles. The van der Waals surface area contributed by atoms with Crippen LogP contribution in [0.25, 0.3) is 12.2 Å². The van der Waals surface area contributed by atoms with Gasteiger partial charge < -0.3 is 9.47 Å². The number of nitrogens with zero attached hydrogens (tertiary/aromatic N) is 1. The minimum Gasteiger partial charge on any atom is -0.497 e. The third-order valence-corrected chi connectivity index (χ3v) is 5.47. The Kier molecular flexibility index (Phi) is 7.93. The van der Waals surface area contributed by atoms with E-state index in [9.17, 15) is 9.70 Å². The lowest BCUT2D eigenvalue weighted by Gasteiger charge is -2.25. The molecule has 160 valence electrons. The van der Waals surface area contributed by atoms with Gasteiger partial charge in [-0.25, -0.2) is 0 Å². The Hall–Kier alpha value is -3.47. The molecule has 5 heteroatoms. The van der Waals surface area contributed by atoms with Gasteiger partial charge in [-0.05, 0) is 65.1 Å². The molecule has 0 heterocycles. The minimum absolute atomic E-state index is 0.176. The fourth-order valence-electron chi connectivity index (χ4n) is 3.44. The first-order chi connectivity index (χ1) is 15.1. The average molecular weight is 418 g/mol. The van der Waals surface area contributed by atoms with Crippen molar-refractivity contribution in [3.05, 3.63) is 88.0 Å². The number of ketones is 1. The molecular formula is C26H27NO4. The largest absolute Gasteiger partial charge is 0.497 e. The maximum Gasteiger partial charge on any atom is 0.184 e. The molecule has 0 saturated heterocycles. The molecule has 1 aliphatic rings. The molecule has 0 amide bonds. The topological polar surface area (TPSA) is 65.0 Å². The second-order valence-corrected chi connectivity index (χ2v) is 7.54. The fourth-order valence-corrected chi connectivity index (χ4v) is 3.44. The normalized spacial score (nSPS) is 14.9. The van der Waals surface area contributed by atoms with Crippen molar-refractivity contribution in [2.45, 2.75) is 25.7 Å². The summed E-state index contributed by atoms with van der Waals surface area (Å²) in [6, 6.07) is 14.9. The van der Waals surface area contributed by atoms with Crippen molar-refractivity contribution >= 4 is 17.9 Å². The number of carbonyl (C=O) groups excluding carboxylic acids is 1. The van der Waals surface area contributed by atoms with Crippen molar-refractivity contribution in [2.24, 2.45) is 11.1 Å². The zero-order chi connectivity index (χ0) is 22.1. The van der Waals surface area contributed by atoms with E-state index >= 15 is 0 Å². The average Bonchev–Trinajstić information content (AvgIpc) is 2.78. The van der Waals surface area contributed by atoms with Crippen molar-refractivity contribution in [1.29, 1.82) is 0 Å². The van der Waals surface area contributed by atoms with Gasteiger partial charge in [0, 0.05) is 5.57 Å². The Bertz CT molecular complexity index is 1020. The molecule has 1 aliphatic carbocycles. The molecule has 0 aromatic heterocycles. The van der Waals surface area contributed by atoms with Crippen LogP contribution in [0.2, 0.25) is 0 Å². The third kappa shape index (κ3) is 6.25. The molecule has 1 saturated carbocycles. The highest BCUT2D eigenvalue weighted by Gasteiger charge is 2.23. The van der Waals surface area contributed by atoms with Gasteiger partial charge in [0.15, 0.2) is 5.78 Å². The van der Waals surface area contributed by atoms with E-state index in [1.54, 1.807) is 32.4 Å². The van der Waals surface area contributed by atoms with Gasteiger partial charge in [0.2, 0.25) is 0 Å². The summed E-state index contributed by atoms with van der Waals surface area (Å²) in [5, 5.41) is 3.20. The Morgan fingerprint density at radius 3 is 2.03 bits per heavy atom. The molecule has 5 nitrogen and oxygen atoms in total. The number of rotatable bonds is 10. The third-order valence-electron chi connectivity index (χ3n) is 5.47. The molecule has 3 rings (SSSR count). The van der Waals surface area contributed by atoms with Crippen LogP contribution in [0.1, 0.15) is 36.8 Å². The number of methoxy groups -OCH3 is 2. The van der Waals surface area contributed by atoms with E-state index in [0.717, 1.165) is 41.9 Å². The lowest BCUT2D eigenvalue weighted by molar-refractivity contribution is -0.111. The van der Waals surface area contributed by atoms with Gasteiger partial charge in [-0.3, -0.25) is 4.79 Å². The first-order valence-corrected chi connectivity index (χ1v) is 10.4. The monoisotopic (exact) mass is 417 g/mol. The van der Waals surface area contributed by atoms with Crippen molar-refractivity contribution in [1.82, 2.24) is 0 Å². The van der Waals surface area contributed by atoms with Crippen molar-refractivity contribution < 1.29 is 14.3 Å². The number of hydrogen-bond acceptors (Lipinski definition) is 5. The molecule has 0 spiro atoms. The summed E-state index contributed by atoms with van der Waals surface area (Å²) in [5.41, 5.74) is 2.35. The quantitative estimate of drug-likeness (QED) is 0.262. The number of allylic oxidation sites excluding steroid dienone is 3. The van der Waals surface area contributed by atoms with E-state index in [1.165, 1.54) is 6.08 Å². The van der Waals surface area contributed by atoms with Crippen LogP contribution in [0.3, 0.4) is 0 Å². The predicted molar refractivity (Wildman–Crippen MR) is 124 cm³/mol. The summed E-state index contributed by atoms with van der Waals surface area (Å²) < 4.78 is 10.5. The molecule has 0 atom stereocenters. The van der Waals surface area contributed by atoms with Crippen molar-refractivity contribution in [2.75, 3.05) is 14.2 Å². The van der Waals surface area contributed by atoms with Gasteiger partial charge in [-0.2, -0.15) is 0 Å². The number of benzene rings is 2. The molecule has 0 N–H and O–H groups in total. The van der Waals surface area contributed by atoms with Crippen LogP contribution in [0.4, 0.5) is 0 Å². The number of nitroso groups, excluding NO2 is 1. The van der Waals surface area contributed by atoms with E-state index < -0.39 is 0 Å². The molecule has 0 bridgehead atoms. The van der Waals surface area contributed by atoms with Gasteiger partial charge in [-0.1, -0.05) is 55.7 Å². The highest BCUT2D eigenvalue weighted by molar-refractivity contribution is 6.07. The second kappa shape index (κ2) is 11.1. The Balaban J connectivity index is 1.87. The molecule has 0 unspecified atom stereocenters. The van der Waals surface area contributed by atoms with Crippen LogP contribution in [0.15, 0.2) is 77.1 Å². The van der Waals surface area contributed by atoms with E-state index in [-0.39, 0.29) is 11.5 Å². The van der Waals surface area contributed by atoms with Gasteiger partial charge in [-0.15, -0.1) is 4.91 Å². The summed E-state index contributed by atoms with van der Waals surface area (Å²) >= 11 is 0. The zero-order valence-corrected chi connectivity index (χ0v) is 17.9. The SMILES string of the molecule is COc1cccc(/C=C/C(=O)/C(CC2CCC2)=C(/C=C/c2cccc(OC)c2)N=O)c1. The zero-order valence-electron chi connectivity index (χ0n) is 17.9. The number of ether oxygens (including phenoxy) is 2. The number of carbonyl (C=O) groups is 1. The van der Waals surface area contributed by atoms with Gasteiger partial charge in [0.25, 0.3) is 0 Å². The van der Waals surface area contributed by atoms with Crippen LogP contribution >= 0.6 is 0 Å². The highest BCUT2D eigenvalue weighted by atomic mass is 16.5. The summed E-state index contributed by atoms with van der Waals surface area (Å²) in [6.45, 7) is 0. The summed E-state index contributed by atoms with van der Waals surface area (Å²) in [6.07, 6.45) is 10.5. The summed E-state index contributed by atoms with van der Waals surface area (Å²) in [7, 11) is 3.20. The highest BCUT2D eigenvalue weighted by Crippen LogP contribution is 2.34. The molecule has 31 heavy (non-hydrogen) atoms. The smallest absolute Gasteiger partial charge is 0.184 e. The van der Waals surface area contributed by atoms with Crippen LogP contribution in [-0.2, 0) is 4.79 Å². The van der Waals surface area contributed by atoms with E-state index in [2.05, 4.69) is 5.18 Å². The second-order valence-electron chi connectivity index (χ2n) is 7.54. The van der Waals surface area contributed by atoms with E-state index in [0.29, 0.717) is 17.9 Å². The molecule has 0 radical (unpaired) electrons. The first kappa shape index (κ1) is 22.2. The molecular weight excluding hydrogens is 390 g/mol. The van der Waals surface area contributed by atoms with Gasteiger partial charge >= 0.3 is 0 Å². The van der Waals surface area contributed by atoms with Crippen LogP contribution in [0.5, 0.6) is 11.5 Å². The van der Waals surface area contributed by atoms with Gasteiger partial charge in [0.1, 0.15) is 17.2 Å². The van der Waals surface area contributed by atoms with E-state index in [1.807, 2.05) is 48.5 Å². The molecule has 2 aromatic rings. The van der Waals surface area contributed by atoms with Crippen LogP contribution < -0.4 is 9.47 Å². The van der Waals surface area contributed by atoms with Crippen LogP contribution in [-0.4, -0.2) is 20.0 Å². The molecule has 0 aliphatic heterocycles. The Labute approximate surface area is 183 Å². The van der Waals surface area contributed by atoms with Crippen LogP contribution in [0, 0.1) is 10.8 Å². The fraction of sp³-hybridized carbons (Fsp3) is 0.269. The summed E-state index contributed by atoms with van der Waals surface area (Å²) in [4.78, 5) is 24.7. The minimum atomic E-state index is -0.195. The maximum atomic E-state index is 13.0. The lowest BCUT2D eigenvalue weighted by atomic mass is 9.79. The predicted octanol–water partition coefficient (Wildman–Crippen LogP) is 6.21. The Morgan fingerprint density at radius 1 is 0.968 bits per heavy atom. The molecule has 1 fully saturated rings. The van der Waals surface area contributed by atoms with Crippen molar-refractivity contribution in [3.63, 3.8) is 0 Å². The van der Waals surface area contributed by atoms with Gasteiger partial charge in [0.05, 0.1) is 14.2 Å². The first-order valence-electron chi connectivity index (χ1n) is 10.4. The maximum absolute atomic E-state index is 13.0. The Morgan fingerprint density at radius 2 is 1.55 bits per heavy atom. The summed E-state index contributed by atoms with van der Waals surface area (Å²) in [5.74, 6) is 1.67. The standard InChI is InChI=1S/C26H27NO4/c1-30-22-10-4-8-20(16-22)12-14-25(27-29)24(18-19-6-3-7-19)26(28)15-13-21-9-5-11-23(17-21)31-2/h4-5,8-17,19H,3,6-7,18H2,1-2H3/b14-12+,15-13+,25-24-. The lowest BCUT2D eigenvalue weighted by Crippen LogP contribution is -2.15. The number of hydrogen-bond donors (Lipinski definition) is 0. The van der Waals surface area contributed by atoms with Crippen molar-refractivity contribution in [3.8, 4) is 11.5 Å². The van der Waals surface area contributed by atoms with E-state index in [4.69, 9.17) is 9.47 Å².